The topological polar surface area (TPSA) is 176 Å². The zero-order chi connectivity index (χ0) is 49.6. The quantitative estimate of drug-likeness (QED) is 0.0978. The van der Waals surface area contributed by atoms with Gasteiger partial charge in [-0.15, -0.1) is 0 Å². The van der Waals surface area contributed by atoms with Gasteiger partial charge >= 0.3 is 15.9 Å². The maximum Gasteiger partial charge on any atom is 0.333 e. The van der Waals surface area contributed by atoms with Gasteiger partial charge in [-0.3, -0.25) is 18.7 Å². The van der Waals surface area contributed by atoms with Crippen molar-refractivity contribution in [3.05, 3.63) is 179 Å². The fourth-order valence-corrected chi connectivity index (χ4v) is 10.9. The molecule has 3 aliphatic rings. The Kier molecular flexibility index (Phi) is 12.1. The van der Waals surface area contributed by atoms with Crippen LogP contribution in [-0.2, 0) is 51.4 Å². The lowest BCUT2D eigenvalue weighted by molar-refractivity contribution is -0.132. The van der Waals surface area contributed by atoms with E-state index in [0.717, 1.165) is 53.8 Å². The summed E-state index contributed by atoms with van der Waals surface area (Å²) in [6, 6.07) is 44.2. The monoisotopic (exact) mass is 989 g/mol. The molecular formula is C54H48FN7O9S. The summed E-state index contributed by atoms with van der Waals surface area (Å²) in [5.74, 6) is -1.53. The first-order valence-electron chi connectivity index (χ1n) is 23.4. The average Bonchev–Trinajstić information content (AvgIpc) is 3.78. The molecule has 11 rings (SSSR count). The Balaban J connectivity index is 0.727. The molecule has 2 aromatic heterocycles. The Hall–Kier alpha value is -8.22. The van der Waals surface area contributed by atoms with Crippen LogP contribution < -0.4 is 39.1 Å². The lowest BCUT2D eigenvalue weighted by Crippen LogP contribution is -2.64. The Labute approximate surface area is 413 Å². The van der Waals surface area contributed by atoms with Crippen LogP contribution in [0.1, 0.15) is 29.5 Å². The van der Waals surface area contributed by atoms with Crippen molar-refractivity contribution in [2.75, 3.05) is 40.8 Å². The van der Waals surface area contributed by atoms with Crippen molar-refractivity contribution in [3.8, 4) is 23.2 Å². The van der Waals surface area contributed by atoms with Crippen LogP contribution in [0.2, 0.25) is 0 Å². The van der Waals surface area contributed by atoms with Crippen molar-refractivity contribution in [1.82, 2.24) is 18.8 Å². The third kappa shape index (κ3) is 9.17. The second kappa shape index (κ2) is 18.8. The highest BCUT2D eigenvalue weighted by Crippen LogP contribution is 2.51. The molecule has 2 aliphatic heterocycles. The summed E-state index contributed by atoms with van der Waals surface area (Å²) >= 11 is 0. The lowest BCUT2D eigenvalue weighted by Gasteiger charge is -2.59. The summed E-state index contributed by atoms with van der Waals surface area (Å²) in [4.78, 5) is 46.3. The van der Waals surface area contributed by atoms with Gasteiger partial charge in [0.15, 0.2) is 5.82 Å². The number of aryl methyl sites for hydroxylation is 1. The smallest absolute Gasteiger partial charge is 0.333 e. The minimum Gasteiger partial charge on any atom is -0.487 e. The first-order chi connectivity index (χ1) is 34.9. The molecule has 8 aromatic rings. The predicted molar refractivity (Wildman–Crippen MR) is 269 cm³/mol. The molecule has 0 radical (unpaired) electrons. The van der Waals surface area contributed by atoms with Crippen LogP contribution in [0.25, 0.3) is 27.5 Å². The van der Waals surface area contributed by atoms with E-state index in [9.17, 15) is 22.8 Å². The van der Waals surface area contributed by atoms with E-state index in [1.165, 1.54) is 18.2 Å². The fraction of sp³-hybridized carbons (Fsp3) is 0.222. The number of amides is 2. The number of anilines is 3. The molecule has 1 spiro atoms. The van der Waals surface area contributed by atoms with Gasteiger partial charge in [0.25, 0.3) is 5.91 Å². The molecule has 0 atom stereocenters. The van der Waals surface area contributed by atoms with Gasteiger partial charge in [0.2, 0.25) is 17.7 Å². The molecule has 0 unspecified atom stereocenters. The lowest BCUT2D eigenvalue weighted by atomic mass is 9.61. The number of hydrogen-bond acceptors (Lipinski definition) is 11. The number of benzene rings is 6. The number of ether oxygens (including phenoxy) is 4. The molecule has 18 heteroatoms. The number of carbonyl (C=O) groups excluding carboxylic acids is 2. The highest BCUT2D eigenvalue weighted by atomic mass is 32.2. The van der Waals surface area contributed by atoms with Gasteiger partial charge in [-0.2, -0.15) is 13.4 Å². The summed E-state index contributed by atoms with van der Waals surface area (Å²) in [6.45, 7) is 1.38. The molecule has 4 heterocycles. The largest absolute Gasteiger partial charge is 0.487 e. The maximum atomic E-state index is 16.3. The van der Waals surface area contributed by atoms with Crippen LogP contribution in [0.15, 0.2) is 150 Å². The number of fused-ring (bicyclic) bond motifs is 2. The van der Waals surface area contributed by atoms with Gasteiger partial charge in [0, 0.05) is 48.4 Å². The van der Waals surface area contributed by atoms with Crippen molar-refractivity contribution < 1.29 is 41.3 Å². The molecule has 1 aliphatic carbocycles. The van der Waals surface area contributed by atoms with Crippen LogP contribution in [-0.4, -0.2) is 66.7 Å². The summed E-state index contributed by atoms with van der Waals surface area (Å²) in [6.07, 6.45) is 1.47. The van der Waals surface area contributed by atoms with Gasteiger partial charge in [-0.1, -0.05) is 91.0 Å². The van der Waals surface area contributed by atoms with E-state index in [-0.39, 0.29) is 65.6 Å². The molecule has 72 heavy (non-hydrogen) atoms. The van der Waals surface area contributed by atoms with Gasteiger partial charge in [0.1, 0.15) is 50.1 Å². The normalized spacial score (nSPS) is 15.8. The molecule has 2 N–H and O–H groups in total. The number of pyridine rings is 1. The maximum absolute atomic E-state index is 16.3. The number of nitrogens with one attached hydrogen (secondary N) is 2. The third-order valence-corrected chi connectivity index (χ3v) is 14.7. The van der Waals surface area contributed by atoms with E-state index in [2.05, 4.69) is 10.2 Å². The van der Waals surface area contributed by atoms with Crippen molar-refractivity contribution in [2.45, 2.75) is 38.8 Å². The van der Waals surface area contributed by atoms with Crippen molar-refractivity contribution in [1.29, 1.82) is 0 Å². The molecule has 6 aromatic carbocycles. The van der Waals surface area contributed by atoms with E-state index in [1.54, 1.807) is 34.4 Å². The Morgan fingerprint density at radius 2 is 1.43 bits per heavy atom. The molecule has 16 nitrogen and oxygen atoms in total. The number of carbonyl (C=O) groups is 2. The van der Waals surface area contributed by atoms with E-state index in [1.807, 2.05) is 114 Å². The Morgan fingerprint density at radius 3 is 2.08 bits per heavy atom. The molecular weight excluding hydrogens is 942 g/mol. The minimum atomic E-state index is -4.35. The Bertz CT molecular complexity index is 3540. The number of rotatable bonds is 16. The summed E-state index contributed by atoms with van der Waals surface area (Å²) in [7, 11) is -2.60. The van der Waals surface area contributed by atoms with Gasteiger partial charge in [0.05, 0.1) is 17.1 Å². The summed E-state index contributed by atoms with van der Waals surface area (Å²) in [5, 5.41) is 3.24. The molecule has 366 valence electrons. The fourth-order valence-electron chi connectivity index (χ4n) is 9.73. The highest BCUT2D eigenvalue weighted by Gasteiger charge is 2.53. The highest BCUT2D eigenvalue weighted by molar-refractivity contribution is 7.92. The zero-order valence-electron chi connectivity index (χ0n) is 39.0. The molecule has 1 saturated carbocycles. The van der Waals surface area contributed by atoms with Crippen LogP contribution in [0, 0.1) is 11.2 Å². The van der Waals surface area contributed by atoms with Crippen LogP contribution in [0.5, 0.6) is 17.5 Å². The second-order valence-electron chi connectivity index (χ2n) is 18.4. The van der Waals surface area contributed by atoms with Crippen molar-refractivity contribution in [3.63, 3.8) is 0 Å². The summed E-state index contributed by atoms with van der Waals surface area (Å²) in [5.41, 5.74) is 5.45. The molecule has 0 bridgehead atoms. The van der Waals surface area contributed by atoms with Crippen molar-refractivity contribution in [2.24, 2.45) is 12.5 Å². The number of halogens is 1. The Morgan fingerprint density at radius 1 is 0.778 bits per heavy atom. The zero-order valence-corrected chi connectivity index (χ0v) is 39.8. The number of aromatic nitrogens is 3. The van der Waals surface area contributed by atoms with Crippen LogP contribution >= 0.6 is 0 Å². The van der Waals surface area contributed by atoms with E-state index < -0.39 is 28.5 Å². The van der Waals surface area contributed by atoms with E-state index >= 15 is 4.39 Å². The number of hydrogen-bond donors (Lipinski definition) is 2. The number of nitrogens with zero attached hydrogens (tertiary/aromatic N) is 5. The van der Waals surface area contributed by atoms with E-state index in [0.29, 0.717) is 39.1 Å². The molecule has 2 amide bonds. The standard InChI is InChI=1S/C54H48FN7O9S/c1-59-45-25-40(18-20-43(45)62(53(59)65)44-21-22-49(70-30-36-13-7-3-8-14-36)57-52(44)71-31-37-15-9-4-10-16-37)60-33-54(34-60)26-41(27-54)68-32-48(64)56-39-17-19-42-38(23-39)24-46(69-29-35-11-5-2-6-12-35)51(50(42)55)61-28-47(63)58-72(61,66)67/h2-25,41H,26-34H2,1H3,(H,56,64)(H,58,63). The van der Waals surface area contributed by atoms with Crippen LogP contribution in [0.4, 0.5) is 21.5 Å². The second-order valence-corrected chi connectivity index (χ2v) is 20.0. The first kappa shape index (κ1) is 46.2. The molecule has 3 fully saturated rings. The first-order valence-corrected chi connectivity index (χ1v) is 24.8. The predicted octanol–water partition coefficient (Wildman–Crippen LogP) is 7.56. The van der Waals surface area contributed by atoms with Crippen LogP contribution in [0.3, 0.4) is 0 Å². The SMILES string of the molecule is Cn1c(=O)n(-c2ccc(OCc3ccccc3)nc2OCc2ccccc2)c2ccc(N3CC4(CC(OCC(=O)Nc5ccc6c(F)c(N7CC(=O)NS7(=O)=O)c(OCc7ccccc7)cc6c5)C4)C3)cc21. The van der Waals surface area contributed by atoms with Crippen molar-refractivity contribution >= 4 is 60.9 Å². The van der Waals surface area contributed by atoms with Gasteiger partial charge < -0.3 is 29.2 Å². The molecule has 2 saturated heterocycles. The average molecular weight is 990 g/mol. The number of imidazole rings is 1. The van der Waals surface area contributed by atoms with Gasteiger partial charge in [-0.05, 0) is 83.4 Å². The minimum absolute atomic E-state index is 0.00447. The summed E-state index contributed by atoms with van der Waals surface area (Å²) < 4.78 is 72.1. The third-order valence-electron chi connectivity index (χ3n) is 13.3. The van der Waals surface area contributed by atoms with E-state index in [4.69, 9.17) is 23.9 Å². The van der Waals surface area contributed by atoms with Gasteiger partial charge in [-0.25, -0.2) is 18.2 Å².